The Morgan fingerprint density at radius 2 is 2.00 bits per heavy atom. The molecular weight excluding hydrogens is 286 g/mol. The first-order valence-corrected chi connectivity index (χ1v) is 9.60. The van der Waals surface area contributed by atoms with Crippen molar-refractivity contribution in [3.05, 3.63) is 0 Å². The van der Waals surface area contributed by atoms with Crippen molar-refractivity contribution in [2.24, 2.45) is 5.92 Å². The summed E-state index contributed by atoms with van der Waals surface area (Å²) in [5.41, 5.74) is -0.341. The summed E-state index contributed by atoms with van der Waals surface area (Å²) in [6, 6.07) is 0. The van der Waals surface area contributed by atoms with Crippen LogP contribution < -0.4 is 5.32 Å². The highest BCUT2D eigenvalue weighted by molar-refractivity contribution is 7.86. The zero-order valence-corrected chi connectivity index (χ0v) is 15.2. The first kappa shape index (κ1) is 18.9. The largest absolute Gasteiger partial charge is 0.316 e. The Balaban J connectivity index is 2.70. The third kappa shape index (κ3) is 4.91. The molecule has 1 heterocycles. The van der Waals surface area contributed by atoms with Gasteiger partial charge in [-0.15, -0.1) is 0 Å². The van der Waals surface area contributed by atoms with Crippen LogP contribution in [0.4, 0.5) is 0 Å². The average Bonchev–Trinajstić information content (AvgIpc) is 2.47. The van der Waals surface area contributed by atoms with E-state index < -0.39 is 10.2 Å². The van der Waals surface area contributed by atoms with Crippen molar-refractivity contribution in [2.45, 2.75) is 58.9 Å². The minimum Gasteiger partial charge on any atom is -0.316 e. The van der Waals surface area contributed by atoms with E-state index in [-0.39, 0.29) is 5.54 Å². The minimum atomic E-state index is -3.36. The van der Waals surface area contributed by atoms with Gasteiger partial charge < -0.3 is 5.32 Å². The van der Waals surface area contributed by atoms with E-state index in [1.807, 2.05) is 20.8 Å². The molecule has 1 unspecified atom stereocenters. The van der Waals surface area contributed by atoms with Gasteiger partial charge in [0.25, 0.3) is 10.2 Å². The maximum atomic E-state index is 12.8. The topological polar surface area (TPSA) is 52.7 Å². The molecule has 126 valence electrons. The van der Waals surface area contributed by atoms with Gasteiger partial charge in [0.15, 0.2) is 0 Å². The standard InChI is InChI=1S/C15H33N3O2S/c1-6-10-16-12-14-9-8-11-18(13-14)21(19,20)17(5)15(3,4)7-2/h14,16H,6-13H2,1-5H3. The van der Waals surface area contributed by atoms with Crippen molar-refractivity contribution >= 4 is 10.2 Å². The van der Waals surface area contributed by atoms with Crippen LogP contribution in [0, 0.1) is 5.92 Å². The summed E-state index contributed by atoms with van der Waals surface area (Å²) in [6.45, 7) is 11.3. The van der Waals surface area contributed by atoms with Gasteiger partial charge in [0.05, 0.1) is 0 Å². The number of nitrogens with one attached hydrogen (secondary N) is 1. The lowest BCUT2D eigenvalue weighted by Crippen LogP contribution is -2.54. The summed E-state index contributed by atoms with van der Waals surface area (Å²) in [7, 11) is -1.65. The van der Waals surface area contributed by atoms with E-state index in [9.17, 15) is 8.42 Å². The summed E-state index contributed by atoms with van der Waals surface area (Å²) >= 11 is 0. The summed E-state index contributed by atoms with van der Waals surface area (Å²) in [5.74, 6) is 0.429. The van der Waals surface area contributed by atoms with Gasteiger partial charge in [0.2, 0.25) is 0 Å². The van der Waals surface area contributed by atoms with Gasteiger partial charge in [0.1, 0.15) is 0 Å². The van der Waals surface area contributed by atoms with Crippen molar-refractivity contribution in [1.82, 2.24) is 13.9 Å². The zero-order valence-electron chi connectivity index (χ0n) is 14.4. The number of rotatable bonds is 8. The van der Waals surface area contributed by atoms with Gasteiger partial charge in [-0.25, -0.2) is 0 Å². The van der Waals surface area contributed by atoms with E-state index in [1.54, 1.807) is 15.7 Å². The third-order valence-electron chi connectivity index (χ3n) is 4.73. The SMILES string of the molecule is CCCNCC1CCCN(S(=O)(=O)N(C)C(C)(C)CC)C1. The quantitative estimate of drug-likeness (QED) is 0.697. The van der Waals surface area contributed by atoms with Crippen LogP contribution in [-0.2, 0) is 10.2 Å². The summed E-state index contributed by atoms with van der Waals surface area (Å²) in [5, 5.41) is 3.41. The molecule has 0 saturated carbocycles. The fraction of sp³-hybridized carbons (Fsp3) is 1.00. The molecule has 1 rings (SSSR count). The van der Waals surface area contributed by atoms with E-state index in [2.05, 4.69) is 12.2 Å². The molecule has 21 heavy (non-hydrogen) atoms. The monoisotopic (exact) mass is 319 g/mol. The molecule has 0 aromatic heterocycles. The molecule has 1 saturated heterocycles. The average molecular weight is 320 g/mol. The molecule has 0 amide bonds. The van der Waals surface area contributed by atoms with Crippen LogP contribution in [0.1, 0.15) is 53.4 Å². The van der Waals surface area contributed by atoms with Crippen LogP contribution in [0.3, 0.4) is 0 Å². The normalized spacial score (nSPS) is 21.9. The molecule has 0 aromatic carbocycles. The van der Waals surface area contributed by atoms with E-state index in [0.717, 1.165) is 38.8 Å². The van der Waals surface area contributed by atoms with Crippen LogP contribution in [0.2, 0.25) is 0 Å². The highest BCUT2D eigenvalue weighted by atomic mass is 32.2. The van der Waals surface area contributed by atoms with Crippen LogP contribution in [0.5, 0.6) is 0 Å². The smallest absolute Gasteiger partial charge is 0.282 e. The van der Waals surface area contributed by atoms with Crippen LogP contribution in [0.15, 0.2) is 0 Å². The summed E-state index contributed by atoms with van der Waals surface area (Å²) < 4.78 is 28.8. The molecule has 1 atom stereocenters. The Morgan fingerprint density at radius 1 is 1.33 bits per heavy atom. The van der Waals surface area contributed by atoms with Crippen LogP contribution in [0.25, 0.3) is 0 Å². The minimum absolute atomic E-state index is 0.341. The number of nitrogens with zero attached hydrogens (tertiary/aromatic N) is 2. The van der Waals surface area contributed by atoms with Crippen LogP contribution >= 0.6 is 0 Å². The molecule has 1 fully saturated rings. The second-order valence-corrected chi connectivity index (χ2v) is 8.67. The van der Waals surface area contributed by atoms with Crippen molar-refractivity contribution < 1.29 is 8.42 Å². The van der Waals surface area contributed by atoms with Crippen molar-refractivity contribution in [3.8, 4) is 0 Å². The highest BCUT2D eigenvalue weighted by Crippen LogP contribution is 2.26. The Labute approximate surface area is 131 Å². The molecule has 0 aromatic rings. The number of hydrogen-bond acceptors (Lipinski definition) is 3. The molecular formula is C15H33N3O2S. The van der Waals surface area contributed by atoms with Crippen LogP contribution in [-0.4, -0.2) is 55.8 Å². The first-order chi connectivity index (χ1) is 9.75. The third-order valence-corrected chi connectivity index (χ3v) is 6.90. The molecule has 0 radical (unpaired) electrons. The van der Waals surface area contributed by atoms with Crippen molar-refractivity contribution in [2.75, 3.05) is 33.2 Å². The fourth-order valence-electron chi connectivity index (χ4n) is 2.59. The molecule has 1 aliphatic rings. The molecule has 5 nitrogen and oxygen atoms in total. The van der Waals surface area contributed by atoms with Crippen molar-refractivity contribution in [3.63, 3.8) is 0 Å². The van der Waals surface area contributed by atoms with Crippen molar-refractivity contribution in [1.29, 1.82) is 0 Å². The van der Waals surface area contributed by atoms with E-state index in [0.29, 0.717) is 19.0 Å². The second-order valence-electron chi connectivity index (χ2n) is 6.71. The maximum absolute atomic E-state index is 12.8. The lowest BCUT2D eigenvalue weighted by molar-refractivity contribution is 0.206. The lowest BCUT2D eigenvalue weighted by Gasteiger charge is -2.40. The van der Waals surface area contributed by atoms with Gasteiger partial charge in [0, 0.05) is 25.7 Å². The molecule has 0 bridgehead atoms. The van der Waals surface area contributed by atoms with Gasteiger partial charge in [-0.3, -0.25) is 0 Å². The first-order valence-electron chi connectivity index (χ1n) is 8.20. The second kappa shape index (κ2) is 7.90. The van der Waals surface area contributed by atoms with E-state index >= 15 is 0 Å². The summed E-state index contributed by atoms with van der Waals surface area (Å²) in [6.07, 6.45) is 3.99. The van der Waals surface area contributed by atoms with E-state index in [1.165, 1.54) is 0 Å². The van der Waals surface area contributed by atoms with Gasteiger partial charge in [-0.1, -0.05) is 13.8 Å². The Bertz CT molecular complexity index is 409. The van der Waals surface area contributed by atoms with Gasteiger partial charge >= 0.3 is 0 Å². The lowest BCUT2D eigenvalue weighted by atomic mass is 10.00. The molecule has 1 N–H and O–H groups in total. The molecule has 0 spiro atoms. The highest BCUT2D eigenvalue weighted by Gasteiger charge is 2.37. The Hall–Kier alpha value is -0.170. The Kier molecular flexibility index (Phi) is 7.10. The molecule has 1 aliphatic heterocycles. The Morgan fingerprint density at radius 3 is 2.57 bits per heavy atom. The zero-order chi connectivity index (χ0) is 16.1. The van der Waals surface area contributed by atoms with Gasteiger partial charge in [-0.2, -0.15) is 17.0 Å². The van der Waals surface area contributed by atoms with Gasteiger partial charge in [-0.05, 0) is 58.5 Å². The maximum Gasteiger partial charge on any atom is 0.282 e. The number of hydrogen-bond donors (Lipinski definition) is 1. The predicted molar refractivity (Wildman–Crippen MR) is 88.5 cm³/mol. The fourth-order valence-corrected chi connectivity index (χ4v) is 4.45. The number of piperidine rings is 1. The molecule has 6 heteroatoms. The summed E-state index contributed by atoms with van der Waals surface area (Å²) in [4.78, 5) is 0. The predicted octanol–water partition coefficient (Wildman–Crippen LogP) is 2.06. The molecule has 0 aliphatic carbocycles. The van der Waals surface area contributed by atoms with E-state index in [4.69, 9.17) is 0 Å².